The van der Waals surface area contributed by atoms with Gasteiger partial charge in [0.15, 0.2) is 0 Å². The number of anilines is 2. The molecule has 0 aliphatic carbocycles. The van der Waals surface area contributed by atoms with Crippen LogP contribution in [0.15, 0.2) is 30.5 Å². The van der Waals surface area contributed by atoms with Gasteiger partial charge in [-0.1, -0.05) is 13.3 Å². The van der Waals surface area contributed by atoms with Crippen LogP contribution in [-0.4, -0.2) is 35.6 Å². The number of halogens is 5. The van der Waals surface area contributed by atoms with Gasteiger partial charge < -0.3 is 15.0 Å². The largest absolute Gasteiger partial charge is 0.450 e. The number of nitrogens with one attached hydrogen (secondary N) is 1. The second-order valence-electron chi connectivity index (χ2n) is 7.29. The predicted molar refractivity (Wildman–Crippen MR) is 103 cm³/mol. The normalized spacial score (nSPS) is 16.4. The van der Waals surface area contributed by atoms with E-state index in [0.717, 1.165) is 25.0 Å². The average molecular weight is 446 g/mol. The van der Waals surface area contributed by atoms with Crippen molar-refractivity contribution in [2.45, 2.75) is 38.9 Å². The third-order valence-electron chi connectivity index (χ3n) is 5.05. The van der Waals surface area contributed by atoms with Crippen molar-refractivity contribution in [1.82, 2.24) is 15.1 Å². The quantitative estimate of drug-likeness (QED) is 0.473. The molecule has 0 radical (unpaired) electrons. The molecular formula is C20H23F5N4O2. The van der Waals surface area contributed by atoms with Crippen molar-refractivity contribution >= 4 is 17.5 Å². The van der Waals surface area contributed by atoms with E-state index in [1.807, 2.05) is 6.92 Å². The molecule has 1 unspecified atom stereocenters. The van der Waals surface area contributed by atoms with Gasteiger partial charge in [0, 0.05) is 18.8 Å². The number of fused-ring (bicyclic) bond motifs is 1. The molecule has 0 saturated carbocycles. The molecular weight excluding hydrogens is 423 g/mol. The first-order chi connectivity index (χ1) is 14.7. The van der Waals surface area contributed by atoms with Gasteiger partial charge in [0.1, 0.15) is 0 Å². The monoisotopic (exact) mass is 446 g/mol. The third kappa shape index (κ3) is 5.45. The van der Waals surface area contributed by atoms with E-state index in [1.54, 1.807) is 4.90 Å². The number of ether oxygens (including phenoxy) is 1. The molecule has 11 heteroatoms. The minimum absolute atomic E-state index is 0.163. The van der Waals surface area contributed by atoms with E-state index in [2.05, 4.69) is 10.4 Å². The van der Waals surface area contributed by atoms with E-state index in [1.165, 1.54) is 18.3 Å². The summed E-state index contributed by atoms with van der Waals surface area (Å²) in [5.74, 6) is -0.275. The van der Waals surface area contributed by atoms with Gasteiger partial charge in [-0.3, -0.25) is 0 Å². The van der Waals surface area contributed by atoms with Crippen LogP contribution in [-0.2, 0) is 17.3 Å². The molecule has 31 heavy (non-hydrogen) atoms. The van der Waals surface area contributed by atoms with Crippen LogP contribution in [0.3, 0.4) is 0 Å². The maximum absolute atomic E-state index is 13.4. The molecule has 1 amide bonds. The summed E-state index contributed by atoms with van der Waals surface area (Å²) in [6, 6.07) is 4.47. The average Bonchev–Trinajstić information content (AvgIpc) is 3.15. The number of rotatable bonds is 7. The fraction of sp³-hybridized carbons (Fsp3) is 0.500. The van der Waals surface area contributed by atoms with Crippen molar-refractivity contribution in [2.24, 2.45) is 5.92 Å². The van der Waals surface area contributed by atoms with Gasteiger partial charge in [0.25, 0.3) is 0 Å². The summed E-state index contributed by atoms with van der Waals surface area (Å²) in [6.07, 6.45) is -1.96. The molecule has 0 saturated heterocycles. The van der Waals surface area contributed by atoms with Crippen molar-refractivity contribution in [3.8, 4) is 0 Å². The van der Waals surface area contributed by atoms with Gasteiger partial charge in [0.2, 0.25) is 0 Å². The zero-order chi connectivity index (χ0) is 22.6. The number of amides is 1. The van der Waals surface area contributed by atoms with Crippen molar-refractivity contribution in [2.75, 3.05) is 24.6 Å². The molecule has 1 N–H and O–H groups in total. The van der Waals surface area contributed by atoms with Crippen molar-refractivity contribution in [3.05, 3.63) is 41.7 Å². The predicted octanol–water partition coefficient (Wildman–Crippen LogP) is 5.13. The Kier molecular flexibility index (Phi) is 7.01. The molecule has 2 aromatic rings. The van der Waals surface area contributed by atoms with Crippen molar-refractivity contribution < 1.29 is 31.5 Å². The highest BCUT2D eigenvalue weighted by molar-refractivity contribution is 5.68. The Balaban J connectivity index is 1.79. The topological polar surface area (TPSA) is 59.4 Å². The van der Waals surface area contributed by atoms with Gasteiger partial charge in [-0.15, -0.1) is 0 Å². The number of benzene rings is 1. The lowest BCUT2D eigenvalue weighted by Crippen LogP contribution is -2.40. The fourth-order valence-corrected chi connectivity index (χ4v) is 3.46. The minimum Gasteiger partial charge on any atom is -0.450 e. The highest BCUT2D eigenvalue weighted by Crippen LogP contribution is 2.38. The van der Waals surface area contributed by atoms with E-state index in [-0.39, 0.29) is 31.2 Å². The Morgan fingerprint density at radius 2 is 2.00 bits per heavy atom. The number of hydrogen-bond donors (Lipinski definition) is 1. The number of alkyl halides is 5. The Morgan fingerprint density at radius 3 is 2.61 bits per heavy atom. The second-order valence-corrected chi connectivity index (χ2v) is 7.29. The van der Waals surface area contributed by atoms with E-state index < -0.39 is 24.4 Å². The zero-order valence-corrected chi connectivity index (χ0v) is 16.8. The summed E-state index contributed by atoms with van der Waals surface area (Å²) in [5.41, 5.74) is 0.275. The second kappa shape index (κ2) is 9.52. The van der Waals surface area contributed by atoms with Crippen LogP contribution in [0.1, 0.15) is 37.6 Å². The van der Waals surface area contributed by atoms with Crippen LogP contribution < -0.4 is 10.2 Å². The van der Waals surface area contributed by atoms with Gasteiger partial charge in [-0.05, 0) is 43.0 Å². The number of carbonyl (C=O) groups is 1. The molecule has 1 aliphatic rings. The lowest BCUT2D eigenvalue weighted by atomic mass is 9.96. The molecule has 6 nitrogen and oxygen atoms in total. The zero-order valence-electron chi connectivity index (χ0n) is 16.8. The standard InChI is InChI=1S/C20H23F5N4O2/c1-2-3-8-31-19(30)26-10-13-9-16-17(11-27-29(16)18(21)22)28(12-13)15-6-4-14(5-7-15)20(23,24)25/h4-7,11,13,18H,2-3,8-10,12H2,1H3,(H,26,30). The molecule has 1 aliphatic heterocycles. The molecule has 0 bridgehead atoms. The Labute approximate surface area is 176 Å². The van der Waals surface area contributed by atoms with Gasteiger partial charge >= 0.3 is 18.8 Å². The molecule has 2 heterocycles. The molecule has 1 atom stereocenters. The highest BCUT2D eigenvalue weighted by Gasteiger charge is 2.33. The van der Waals surface area contributed by atoms with Gasteiger partial charge in [-0.25, -0.2) is 9.48 Å². The van der Waals surface area contributed by atoms with Crippen molar-refractivity contribution in [1.29, 1.82) is 0 Å². The first-order valence-electron chi connectivity index (χ1n) is 9.90. The van der Waals surface area contributed by atoms with E-state index in [9.17, 15) is 26.7 Å². The van der Waals surface area contributed by atoms with E-state index in [4.69, 9.17) is 4.74 Å². The maximum Gasteiger partial charge on any atom is 0.416 e. The van der Waals surface area contributed by atoms with Gasteiger partial charge in [0.05, 0.1) is 29.7 Å². The first-order valence-corrected chi connectivity index (χ1v) is 9.90. The van der Waals surface area contributed by atoms with E-state index in [0.29, 0.717) is 22.6 Å². The van der Waals surface area contributed by atoms with E-state index >= 15 is 0 Å². The maximum atomic E-state index is 13.4. The van der Waals surface area contributed by atoms with Gasteiger partial charge in [-0.2, -0.15) is 27.1 Å². The summed E-state index contributed by atoms with van der Waals surface area (Å²) in [7, 11) is 0. The van der Waals surface area contributed by atoms with Crippen molar-refractivity contribution in [3.63, 3.8) is 0 Å². The SMILES string of the molecule is CCCCOC(=O)NCC1Cc2c(cnn2C(F)F)N(c2ccc(C(F)(F)F)cc2)C1. The van der Waals surface area contributed by atoms with Crippen LogP contribution >= 0.6 is 0 Å². The van der Waals surface area contributed by atoms with Crippen LogP contribution in [0.25, 0.3) is 0 Å². The van der Waals surface area contributed by atoms with Crippen LogP contribution in [0, 0.1) is 5.92 Å². The summed E-state index contributed by atoms with van der Waals surface area (Å²) < 4.78 is 71.0. The summed E-state index contributed by atoms with van der Waals surface area (Å²) in [6.45, 7) is -0.141. The number of unbranched alkanes of at least 4 members (excludes halogenated alkanes) is 1. The third-order valence-corrected chi connectivity index (χ3v) is 5.05. The number of aromatic nitrogens is 2. The molecule has 1 aromatic heterocycles. The Bertz CT molecular complexity index is 883. The molecule has 0 fully saturated rings. The Morgan fingerprint density at radius 1 is 1.29 bits per heavy atom. The molecule has 3 rings (SSSR count). The number of nitrogens with zero attached hydrogens (tertiary/aromatic N) is 3. The lowest BCUT2D eigenvalue weighted by molar-refractivity contribution is -0.137. The molecule has 1 aromatic carbocycles. The Hall–Kier alpha value is -2.85. The van der Waals surface area contributed by atoms with Crippen LogP contribution in [0.2, 0.25) is 0 Å². The summed E-state index contributed by atoms with van der Waals surface area (Å²) >= 11 is 0. The first kappa shape index (κ1) is 22.8. The van der Waals surface area contributed by atoms with Crippen LogP contribution in [0.5, 0.6) is 0 Å². The number of alkyl carbamates (subject to hydrolysis) is 1. The molecule has 170 valence electrons. The molecule has 0 spiro atoms. The lowest BCUT2D eigenvalue weighted by Gasteiger charge is -2.34. The summed E-state index contributed by atoms with van der Waals surface area (Å²) in [5, 5.41) is 6.37. The summed E-state index contributed by atoms with van der Waals surface area (Å²) in [4.78, 5) is 13.5. The number of hydrogen-bond acceptors (Lipinski definition) is 4. The smallest absolute Gasteiger partial charge is 0.416 e. The number of carbonyl (C=O) groups excluding carboxylic acids is 1. The fourth-order valence-electron chi connectivity index (χ4n) is 3.46. The highest BCUT2D eigenvalue weighted by atomic mass is 19.4. The van der Waals surface area contributed by atoms with Crippen LogP contribution in [0.4, 0.5) is 38.1 Å². The minimum atomic E-state index is -4.48.